The standard InChI is InChI=1S/C13H22FNO/c1-4-5-15(11(3)9-16)13-7-10(2)6-12(14)8-13/h6,8,10-11,16H,4-5,7,9H2,1-3H3/t10?,11-/m0/s1. The van der Waals surface area contributed by atoms with E-state index in [4.69, 9.17) is 0 Å². The smallest absolute Gasteiger partial charge is 0.121 e. The van der Waals surface area contributed by atoms with Gasteiger partial charge in [-0.3, -0.25) is 0 Å². The van der Waals surface area contributed by atoms with E-state index in [1.54, 1.807) is 12.2 Å². The molecule has 0 fully saturated rings. The Kier molecular flexibility index (Phi) is 5.00. The third-order valence-electron chi connectivity index (χ3n) is 2.91. The van der Waals surface area contributed by atoms with Gasteiger partial charge in [0, 0.05) is 18.3 Å². The van der Waals surface area contributed by atoms with Gasteiger partial charge in [-0.1, -0.05) is 13.8 Å². The molecule has 0 heterocycles. The highest BCUT2D eigenvalue weighted by atomic mass is 19.1. The summed E-state index contributed by atoms with van der Waals surface area (Å²) in [4.78, 5) is 2.11. The number of aliphatic hydroxyl groups is 1. The predicted molar refractivity (Wildman–Crippen MR) is 64.6 cm³/mol. The first-order valence-corrected chi connectivity index (χ1v) is 6.03. The number of nitrogens with zero attached hydrogens (tertiary/aromatic N) is 1. The highest BCUT2D eigenvalue weighted by Gasteiger charge is 2.20. The minimum atomic E-state index is -0.153. The van der Waals surface area contributed by atoms with Gasteiger partial charge >= 0.3 is 0 Å². The summed E-state index contributed by atoms with van der Waals surface area (Å²) in [5, 5.41) is 9.22. The molecule has 1 N–H and O–H groups in total. The van der Waals surface area contributed by atoms with Crippen molar-refractivity contribution in [3.63, 3.8) is 0 Å². The average molecular weight is 227 g/mol. The quantitative estimate of drug-likeness (QED) is 0.780. The zero-order valence-electron chi connectivity index (χ0n) is 10.4. The van der Waals surface area contributed by atoms with Gasteiger partial charge in [0.2, 0.25) is 0 Å². The van der Waals surface area contributed by atoms with Crippen molar-refractivity contribution in [3.05, 3.63) is 23.7 Å². The molecule has 0 amide bonds. The van der Waals surface area contributed by atoms with E-state index in [9.17, 15) is 9.50 Å². The van der Waals surface area contributed by atoms with Crippen molar-refractivity contribution in [1.29, 1.82) is 0 Å². The van der Waals surface area contributed by atoms with Crippen LogP contribution in [0.25, 0.3) is 0 Å². The Bertz CT molecular complexity index is 286. The summed E-state index contributed by atoms with van der Waals surface area (Å²) in [7, 11) is 0. The van der Waals surface area contributed by atoms with Crippen LogP contribution in [0.3, 0.4) is 0 Å². The van der Waals surface area contributed by atoms with Crippen molar-refractivity contribution in [2.75, 3.05) is 13.2 Å². The largest absolute Gasteiger partial charge is 0.394 e. The molecule has 0 radical (unpaired) electrons. The van der Waals surface area contributed by atoms with E-state index in [1.165, 1.54) is 0 Å². The Morgan fingerprint density at radius 2 is 2.31 bits per heavy atom. The van der Waals surface area contributed by atoms with Crippen molar-refractivity contribution in [2.24, 2.45) is 5.92 Å². The monoisotopic (exact) mass is 227 g/mol. The first kappa shape index (κ1) is 13.2. The summed E-state index contributed by atoms with van der Waals surface area (Å²) in [5.74, 6) is 0.0882. The molecule has 0 aromatic heterocycles. The number of hydrogen-bond acceptors (Lipinski definition) is 2. The highest BCUT2D eigenvalue weighted by Crippen LogP contribution is 2.27. The van der Waals surface area contributed by atoms with E-state index in [0.717, 1.165) is 25.1 Å². The molecule has 0 aliphatic heterocycles. The lowest BCUT2D eigenvalue weighted by atomic mass is 9.98. The lowest BCUT2D eigenvalue weighted by molar-refractivity contribution is 0.158. The van der Waals surface area contributed by atoms with Crippen LogP contribution in [0, 0.1) is 5.92 Å². The fourth-order valence-corrected chi connectivity index (χ4v) is 2.11. The Morgan fingerprint density at radius 3 is 2.81 bits per heavy atom. The Hall–Kier alpha value is -0.830. The second-order valence-corrected chi connectivity index (χ2v) is 4.59. The number of rotatable bonds is 5. The van der Waals surface area contributed by atoms with Crippen LogP contribution in [-0.2, 0) is 0 Å². The molecule has 0 aromatic rings. The van der Waals surface area contributed by atoms with Crippen LogP contribution in [-0.4, -0.2) is 29.2 Å². The fraction of sp³-hybridized carbons (Fsp3) is 0.692. The van der Waals surface area contributed by atoms with Crippen molar-refractivity contribution >= 4 is 0 Å². The van der Waals surface area contributed by atoms with Gasteiger partial charge in [-0.25, -0.2) is 4.39 Å². The average Bonchev–Trinajstić information content (AvgIpc) is 2.23. The fourth-order valence-electron chi connectivity index (χ4n) is 2.11. The summed E-state index contributed by atoms with van der Waals surface area (Å²) in [6, 6.07) is 0.0595. The number of aliphatic hydroxyl groups excluding tert-OH is 1. The molecule has 2 atom stereocenters. The summed E-state index contributed by atoms with van der Waals surface area (Å²) >= 11 is 0. The van der Waals surface area contributed by atoms with Crippen LogP contribution in [0.5, 0.6) is 0 Å². The normalized spacial score (nSPS) is 22.4. The van der Waals surface area contributed by atoms with Gasteiger partial charge in [0.15, 0.2) is 0 Å². The third-order valence-corrected chi connectivity index (χ3v) is 2.91. The molecule has 0 bridgehead atoms. The molecule has 92 valence electrons. The highest BCUT2D eigenvalue weighted by molar-refractivity contribution is 5.24. The van der Waals surface area contributed by atoms with Crippen molar-refractivity contribution < 1.29 is 9.50 Å². The van der Waals surface area contributed by atoms with Crippen LogP contribution in [0.1, 0.15) is 33.6 Å². The van der Waals surface area contributed by atoms with E-state index in [2.05, 4.69) is 11.8 Å². The maximum Gasteiger partial charge on any atom is 0.121 e. The Labute approximate surface area is 97.5 Å². The molecule has 0 saturated carbocycles. The van der Waals surface area contributed by atoms with Gasteiger partial charge in [0.1, 0.15) is 5.83 Å². The zero-order valence-corrected chi connectivity index (χ0v) is 10.4. The summed E-state index contributed by atoms with van der Waals surface area (Å²) in [6.07, 6.45) is 5.11. The van der Waals surface area contributed by atoms with E-state index >= 15 is 0 Å². The van der Waals surface area contributed by atoms with Crippen LogP contribution >= 0.6 is 0 Å². The van der Waals surface area contributed by atoms with Gasteiger partial charge in [-0.05, 0) is 37.8 Å². The number of hydrogen-bond donors (Lipinski definition) is 1. The molecular formula is C13H22FNO. The Morgan fingerprint density at radius 1 is 1.62 bits per heavy atom. The van der Waals surface area contributed by atoms with Gasteiger partial charge in [0.05, 0.1) is 6.61 Å². The molecule has 0 spiro atoms. The van der Waals surface area contributed by atoms with Gasteiger partial charge in [-0.2, -0.15) is 0 Å². The lowest BCUT2D eigenvalue weighted by Gasteiger charge is -2.34. The lowest BCUT2D eigenvalue weighted by Crippen LogP contribution is -2.36. The molecule has 1 unspecified atom stereocenters. The molecule has 16 heavy (non-hydrogen) atoms. The van der Waals surface area contributed by atoms with Gasteiger partial charge in [-0.15, -0.1) is 0 Å². The second kappa shape index (κ2) is 6.04. The minimum absolute atomic E-state index is 0.0595. The maximum absolute atomic E-state index is 13.3. The van der Waals surface area contributed by atoms with E-state index in [0.29, 0.717) is 0 Å². The predicted octanol–water partition coefficient (Wildman–Crippen LogP) is 2.86. The second-order valence-electron chi connectivity index (χ2n) is 4.59. The van der Waals surface area contributed by atoms with Crippen molar-refractivity contribution in [3.8, 4) is 0 Å². The number of allylic oxidation sites excluding steroid dienone is 4. The summed E-state index contributed by atoms with van der Waals surface area (Å²) in [5.41, 5.74) is 1.01. The van der Waals surface area contributed by atoms with Crippen LogP contribution in [0.2, 0.25) is 0 Å². The van der Waals surface area contributed by atoms with Gasteiger partial charge in [0.25, 0.3) is 0 Å². The molecule has 1 aliphatic rings. The molecule has 2 nitrogen and oxygen atoms in total. The maximum atomic E-state index is 13.3. The molecule has 0 saturated heterocycles. The molecular weight excluding hydrogens is 205 g/mol. The molecule has 3 heteroatoms. The minimum Gasteiger partial charge on any atom is -0.394 e. The number of halogens is 1. The third kappa shape index (κ3) is 3.34. The zero-order chi connectivity index (χ0) is 12.1. The van der Waals surface area contributed by atoms with Crippen molar-refractivity contribution in [2.45, 2.75) is 39.7 Å². The topological polar surface area (TPSA) is 23.5 Å². The molecule has 1 aliphatic carbocycles. The first-order valence-electron chi connectivity index (χ1n) is 6.03. The van der Waals surface area contributed by atoms with Crippen LogP contribution in [0.4, 0.5) is 4.39 Å². The summed E-state index contributed by atoms with van der Waals surface area (Å²) in [6.45, 7) is 7.05. The van der Waals surface area contributed by atoms with Gasteiger partial charge < -0.3 is 10.0 Å². The SMILES string of the molecule is CCCN(C1=CC(F)=CC(C)C1)[C@@H](C)CO. The summed E-state index contributed by atoms with van der Waals surface area (Å²) < 4.78 is 13.3. The molecule has 1 rings (SSSR count). The first-order chi connectivity index (χ1) is 7.58. The van der Waals surface area contributed by atoms with Crippen molar-refractivity contribution in [1.82, 2.24) is 4.90 Å². The van der Waals surface area contributed by atoms with E-state index < -0.39 is 0 Å². The van der Waals surface area contributed by atoms with E-state index in [1.807, 2.05) is 13.8 Å². The Balaban J connectivity index is 2.82. The van der Waals surface area contributed by atoms with Crippen LogP contribution < -0.4 is 0 Å². The van der Waals surface area contributed by atoms with E-state index in [-0.39, 0.29) is 24.4 Å². The van der Waals surface area contributed by atoms with Crippen LogP contribution in [0.15, 0.2) is 23.7 Å². The molecule has 0 aromatic carbocycles.